The molecule has 0 aliphatic carbocycles. The molecular weight excluding hydrogens is 184 g/mol. The third-order valence-corrected chi connectivity index (χ3v) is 3.89. The van der Waals surface area contributed by atoms with Crippen LogP contribution in [0.2, 0.25) is 0 Å². The van der Waals surface area contributed by atoms with Crippen LogP contribution in [0, 0.1) is 0 Å². The zero-order chi connectivity index (χ0) is 9.26. The summed E-state index contributed by atoms with van der Waals surface area (Å²) in [5.41, 5.74) is 0. The second-order valence-electron chi connectivity index (χ2n) is 3.49. The molecule has 74 valence electrons. The molecule has 2 aliphatic rings. The second-order valence-corrected chi connectivity index (χ2v) is 4.90. The molecular formula is C9H16N2OS. The summed E-state index contributed by atoms with van der Waals surface area (Å²) in [6, 6.07) is 0. The topological polar surface area (TPSA) is 15.7 Å². The summed E-state index contributed by atoms with van der Waals surface area (Å²) in [4.78, 5) is 0. The van der Waals surface area contributed by atoms with Gasteiger partial charge in [0.05, 0.1) is 6.61 Å². The van der Waals surface area contributed by atoms with Crippen molar-refractivity contribution in [1.82, 2.24) is 10.0 Å². The third-order valence-electron chi connectivity index (χ3n) is 2.58. The normalized spacial score (nSPS) is 33.8. The lowest BCUT2D eigenvalue weighted by Gasteiger charge is -2.30. The first kappa shape index (κ1) is 9.37. The molecule has 2 aliphatic heterocycles. The first-order valence-electron chi connectivity index (χ1n) is 4.64. The van der Waals surface area contributed by atoms with Gasteiger partial charge in [0, 0.05) is 25.5 Å². The maximum atomic E-state index is 5.77. The Morgan fingerprint density at radius 3 is 2.77 bits per heavy atom. The Bertz CT molecular complexity index is 206. The van der Waals surface area contributed by atoms with E-state index in [-0.39, 0.29) is 6.23 Å². The minimum Gasteiger partial charge on any atom is -0.357 e. The van der Waals surface area contributed by atoms with Crippen molar-refractivity contribution in [2.75, 3.05) is 26.5 Å². The van der Waals surface area contributed by atoms with Gasteiger partial charge in [-0.05, 0) is 18.2 Å². The molecule has 4 heteroatoms. The summed E-state index contributed by atoms with van der Waals surface area (Å²) < 4.78 is 5.77. The molecule has 0 bridgehead atoms. The van der Waals surface area contributed by atoms with Gasteiger partial charge < -0.3 is 9.75 Å². The van der Waals surface area contributed by atoms with Crippen LogP contribution in [0.15, 0.2) is 12.3 Å². The van der Waals surface area contributed by atoms with Crippen molar-refractivity contribution in [2.45, 2.75) is 17.9 Å². The van der Waals surface area contributed by atoms with E-state index in [1.807, 2.05) is 37.1 Å². The van der Waals surface area contributed by atoms with Crippen LogP contribution < -0.4 is 0 Å². The van der Waals surface area contributed by atoms with Gasteiger partial charge >= 0.3 is 0 Å². The highest BCUT2D eigenvalue weighted by Crippen LogP contribution is 2.28. The molecule has 3 nitrogen and oxygen atoms in total. The Morgan fingerprint density at radius 1 is 1.54 bits per heavy atom. The van der Waals surface area contributed by atoms with Crippen molar-refractivity contribution in [2.24, 2.45) is 0 Å². The lowest BCUT2D eigenvalue weighted by atomic mass is 10.3. The van der Waals surface area contributed by atoms with Crippen molar-refractivity contribution >= 4 is 11.8 Å². The highest BCUT2D eigenvalue weighted by Gasteiger charge is 2.24. The van der Waals surface area contributed by atoms with Crippen LogP contribution in [-0.2, 0) is 4.74 Å². The molecule has 2 atom stereocenters. The van der Waals surface area contributed by atoms with Gasteiger partial charge in [0.25, 0.3) is 0 Å². The Balaban J connectivity index is 1.72. The lowest BCUT2D eigenvalue weighted by molar-refractivity contribution is -0.0776. The number of ether oxygens (including phenoxy) is 1. The molecule has 0 aromatic heterocycles. The van der Waals surface area contributed by atoms with Crippen molar-refractivity contribution in [1.29, 1.82) is 0 Å². The molecule has 0 aromatic rings. The summed E-state index contributed by atoms with van der Waals surface area (Å²) in [5.74, 6) is 1.31. The smallest absolute Gasteiger partial charge is 0.147 e. The number of likely N-dealkylation sites (N-methyl/N-ethyl adjacent to an activating group) is 1. The standard InChI is InChI=1S/C9H16N2OS/c1-10-5-3-9(11(10)2)12-7-8-4-6-13-8/h3,5,8-9H,4,6-7H2,1-2H3/t8-,9?/m0/s1. The van der Waals surface area contributed by atoms with Crippen LogP contribution in [0.25, 0.3) is 0 Å². The number of thioether (sulfide) groups is 1. The molecule has 2 heterocycles. The lowest BCUT2D eigenvalue weighted by Crippen LogP contribution is -2.38. The van der Waals surface area contributed by atoms with Gasteiger partial charge in [0.2, 0.25) is 0 Å². The average Bonchev–Trinajstić information content (AvgIpc) is 2.33. The average molecular weight is 200 g/mol. The molecule has 0 amide bonds. The number of nitrogens with zero attached hydrogens (tertiary/aromatic N) is 2. The van der Waals surface area contributed by atoms with Crippen LogP contribution in [0.3, 0.4) is 0 Å². The SMILES string of the molecule is CN1C=CC(OC[C@@H]2CCS2)N1C. The summed E-state index contributed by atoms with van der Waals surface area (Å²) in [6.07, 6.45) is 5.59. The molecule has 0 spiro atoms. The predicted molar refractivity (Wildman–Crippen MR) is 55.3 cm³/mol. The minimum atomic E-state index is 0.145. The number of hydrazine groups is 1. The van der Waals surface area contributed by atoms with Crippen molar-refractivity contribution in [3.05, 3.63) is 12.3 Å². The monoisotopic (exact) mass is 200 g/mol. The van der Waals surface area contributed by atoms with E-state index in [0.717, 1.165) is 11.9 Å². The highest BCUT2D eigenvalue weighted by atomic mass is 32.2. The van der Waals surface area contributed by atoms with Gasteiger partial charge in [-0.15, -0.1) is 0 Å². The van der Waals surface area contributed by atoms with Gasteiger partial charge in [-0.3, -0.25) is 0 Å². The van der Waals surface area contributed by atoms with E-state index in [2.05, 4.69) is 11.1 Å². The first-order chi connectivity index (χ1) is 6.27. The summed E-state index contributed by atoms with van der Waals surface area (Å²) in [5, 5.41) is 4.87. The Kier molecular flexibility index (Phi) is 2.81. The zero-order valence-corrected chi connectivity index (χ0v) is 8.96. The Morgan fingerprint density at radius 2 is 2.31 bits per heavy atom. The summed E-state index contributed by atoms with van der Waals surface area (Å²) in [6.45, 7) is 0.887. The Hall–Kier alpha value is -0.190. The number of hydrogen-bond acceptors (Lipinski definition) is 4. The van der Waals surface area contributed by atoms with Gasteiger partial charge in [0.1, 0.15) is 6.23 Å². The van der Waals surface area contributed by atoms with E-state index in [1.165, 1.54) is 12.2 Å². The van der Waals surface area contributed by atoms with Gasteiger partial charge in [-0.25, -0.2) is 0 Å². The zero-order valence-electron chi connectivity index (χ0n) is 8.14. The van der Waals surface area contributed by atoms with Crippen LogP contribution >= 0.6 is 11.8 Å². The molecule has 1 fully saturated rings. The molecule has 2 rings (SSSR count). The van der Waals surface area contributed by atoms with Crippen LogP contribution in [0.5, 0.6) is 0 Å². The van der Waals surface area contributed by atoms with E-state index < -0.39 is 0 Å². The Labute approximate surface area is 83.7 Å². The van der Waals surface area contributed by atoms with Crippen molar-refractivity contribution < 1.29 is 4.74 Å². The van der Waals surface area contributed by atoms with Crippen LogP contribution in [0.4, 0.5) is 0 Å². The fourth-order valence-corrected chi connectivity index (χ4v) is 2.14. The predicted octanol–water partition coefficient (Wildman–Crippen LogP) is 1.14. The molecule has 0 N–H and O–H groups in total. The quantitative estimate of drug-likeness (QED) is 0.678. The summed E-state index contributed by atoms with van der Waals surface area (Å²) in [7, 11) is 4.07. The number of rotatable bonds is 3. The van der Waals surface area contributed by atoms with Crippen molar-refractivity contribution in [3.63, 3.8) is 0 Å². The molecule has 0 saturated carbocycles. The summed E-state index contributed by atoms with van der Waals surface area (Å²) >= 11 is 2.01. The maximum absolute atomic E-state index is 5.77. The van der Waals surface area contributed by atoms with Gasteiger partial charge in [0.15, 0.2) is 0 Å². The van der Waals surface area contributed by atoms with E-state index in [9.17, 15) is 0 Å². The second kappa shape index (κ2) is 3.90. The van der Waals surface area contributed by atoms with Gasteiger partial charge in [-0.1, -0.05) is 0 Å². The maximum Gasteiger partial charge on any atom is 0.147 e. The highest BCUT2D eigenvalue weighted by molar-refractivity contribution is 8.01. The number of hydrogen-bond donors (Lipinski definition) is 0. The molecule has 1 saturated heterocycles. The van der Waals surface area contributed by atoms with E-state index in [4.69, 9.17) is 4.74 Å². The fourth-order valence-electron chi connectivity index (χ4n) is 1.39. The van der Waals surface area contributed by atoms with Crippen LogP contribution in [0.1, 0.15) is 6.42 Å². The van der Waals surface area contributed by atoms with E-state index >= 15 is 0 Å². The molecule has 1 unspecified atom stereocenters. The molecule has 0 aromatic carbocycles. The first-order valence-corrected chi connectivity index (χ1v) is 5.69. The van der Waals surface area contributed by atoms with E-state index in [1.54, 1.807) is 0 Å². The minimum absolute atomic E-state index is 0.145. The van der Waals surface area contributed by atoms with Gasteiger partial charge in [-0.2, -0.15) is 16.8 Å². The molecule has 13 heavy (non-hydrogen) atoms. The molecule has 0 radical (unpaired) electrons. The van der Waals surface area contributed by atoms with Crippen molar-refractivity contribution in [3.8, 4) is 0 Å². The van der Waals surface area contributed by atoms with E-state index in [0.29, 0.717) is 0 Å². The van der Waals surface area contributed by atoms with Crippen LogP contribution in [-0.4, -0.2) is 48.0 Å². The fraction of sp³-hybridized carbons (Fsp3) is 0.778. The largest absolute Gasteiger partial charge is 0.357 e. The third kappa shape index (κ3) is 2.00.